The number of cyclic esters (lactones) is 1. The van der Waals surface area contributed by atoms with Gasteiger partial charge >= 0.3 is 5.97 Å². The molecule has 2 saturated heterocycles. The average Bonchev–Trinajstić information content (AvgIpc) is 3.06. The molecule has 3 aliphatic rings. The number of benzene rings is 2. The first kappa shape index (κ1) is 34.5. The Balaban J connectivity index is 1.46. The first-order valence-corrected chi connectivity index (χ1v) is 17.4. The van der Waals surface area contributed by atoms with E-state index in [9.17, 15) is 24.6 Å². The van der Waals surface area contributed by atoms with Crippen LogP contribution in [0.4, 0.5) is 0 Å². The summed E-state index contributed by atoms with van der Waals surface area (Å²) < 4.78 is 11.1. The number of carbonyl (C=O) groups excluding carboxylic acids is 3. The molecule has 3 N–H and O–H groups in total. The fourth-order valence-electron chi connectivity index (χ4n) is 7.56. The molecule has 4 unspecified atom stereocenters. The van der Waals surface area contributed by atoms with E-state index in [0.29, 0.717) is 73.9 Å². The molecule has 9 nitrogen and oxygen atoms in total. The maximum absolute atomic E-state index is 13.6. The summed E-state index contributed by atoms with van der Waals surface area (Å²) in [6.45, 7) is 4.60. The number of esters is 1. The highest BCUT2D eigenvalue weighted by Crippen LogP contribution is 2.44. The van der Waals surface area contributed by atoms with Gasteiger partial charge < -0.3 is 29.9 Å². The number of nitrogens with one attached hydrogen (secondary N) is 1. The van der Waals surface area contributed by atoms with Crippen molar-refractivity contribution in [1.82, 2.24) is 10.2 Å². The number of allylic oxidation sites excluding steroid dienone is 1. The number of rotatable bonds is 7. The second-order valence-electron chi connectivity index (χ2n) is 13.4. The van der Waals surface area contributed by atoms with Crippen LogP contribution in [0.3, 0.4) is 0 Å². The van der Waals surface area contributed by atoms with Gasteiger partial charge in [-0.1, -0.05) is 30.7 Å². The van der Waals surface area contributed by atoms with Gasteiger partial charge in [-0.3, -0.25) is 9.59 Å². The fourth-order valence-corrected chi connectivity index (χ4v) is 7.56. The molecule has 3 aliphatic heterocycles. The van der Waals surface area contributed by atoms with Gasteiger partial charge in [-0.2, -0.15) is 0 Å². The minimum Gasteiger partial charge on any atom is -0.507 e. The van der Waals surface area contributed by atoms with E-state index in [2.05, 4.69) is 10.2 Å². The summed E-state index contributed by atoms with van der Waals surface area (Å²) in [6, 6.07) is 9.12. The normalized spacial score (nSPS) is 23.5. The molecule has 0 saturated carbocycles. The number of hydrogen-bond donors (Lipinski definition) is 3. The first-order valence-electron chi connectivity index (χ1n) is 17.4. The van der Waals surface area contributed by atoms with Gasteiger partial charge in [-0.05, 0) is 107 Å². The molecule has 0 radical (unpaired) electrons. The molecule has 254 valence electrons. The molecule has 2 fully saturated rings. The van der Waals surface area contributed by atoms with Crippen LogP contribution in [0, 0.1) is 5.92 Å². The summed E-state index contributed by atoms with van der Waals surface area (Å²) in [7, 11) is 1.57. The lowest BCUT2D eigenvalue weighted by molar-refractivity contribution is -0.122. The highest BCUT2D eigenvalue weighted by Gasteiger charge is 2.34. The Morgan fingerprint density at radius 1 is 1.02 bits per heavy atom. The third-order valence-corrected chi connectivity index (χ3v) is 10.1. The monoisotopic (exact) mass is 646 g/mol. The van der Waals surface area contributed by atoms with Crippen molar-refractivity contribution in [3.63, 3.8) is 0 Å². The minimum atomic E-state index is -0.753. The van der Waals surface area contributed by atoms with E-state index < -0.39 is 23.7 Å². The van der Waals surface area contributed by atoms with Crippen LogP contribution in [0.2, 0.25) is 0 Å². The SMILES string of the molecule is COc1ccc(C(CC(=O)NCC2CCCN3CCCCC23)c2c(O)cc3c(c2O)C(=O)OC(C)CCCC(=O)CCCC=C3)cc1. The number of aromatic hydroxyl groups is 2. The molecule has 0 bridgehead atoms. The van der Waals surface area contributed by atoms with E-state index in [1.807, 2.05) is 18.2 Å². The molecule has 47 heavy (non-hydrogen) atoms. The van der Waals surface area contributed by atoms with Crippen molar-refractivity contribution in [3.05, 3.63) is 58.7 Å². The van der Waals surface area contributed by atoms with Crippen molar-refractivity contribution < 1.29 is 34.1 Å². The fraction of sp³-hybridized carbons (Fsp3) is 0.553. The molecule has 4 atom stereocenters. The summed E-state index contributed by atoms with van der Waals surface area (Å²) in [5.74, 6) is -1.07. The molecule has 2 aromatic carbocycles. The minimum absolute atomic E-state index is 0.0390. The number of carbonyl (C=O) groups is 3. The third-order valence-electron chi connectivity index (χ3n) is 10.1. The second kappa shape index (κ2) is 16.3. The number of amides is 1. The molecular formula is C38H50N2O7. The molecule has 1 amide bonds. The number of Topliss-reactive ketones (excluding diaryl/α,β-unsaturated/α-hetero) is 1. The predicted octanol–water partition coefficient (Wildman–Crippen LogP) is 6.49. The number of methoxy groups -OCH3 is 1. The number of fused-ring (bicyclic) bond motifs is 2. The van der Waals surface area contributed by atoms with E-state index in [1.54, 1.807) is 32.2 Å². The number of nitrogens with zero attached hydrogens (tertiary/aromatic N) is 1. The zero-order valence-corrected chi connectivity index (χ0v) is 27.8. The summed E-state index contributed by atoms with van der Waals surface area (Å²) in [5, 5.41) is 26.4. The lowest BCUT2D eigenvalue weighted by atomic mass is 9.83. The number of piperidine rings is 2. The zero-order valence-electron chi connectivity index (χ0n) is 27.8. The van der Waals surface area contributed by atoms with Gasteiger partial charge in [-0.25, -0.2) is 4.79 Å². The van der Waals surface area contributed by atoms with Crippen molar-refractivity contribution >= 4 is 23.7 Å². The molecule has 9 heteroatoms. The van der Waals surface area contributed by atoms with Crippen LogP contribution in [-0.2, 0) is 14.3 Å². The summed E-state index contributed by atoms with van der Waals surface area (Å²) in [4.78, 5) is 42.0. The van der Waals surface area contributed by atoms with Gasteiger partial charge in [0.1, 0.15) is 28.6 Å². The lowest BCUT2D eigenvalue weighted by Crippen LogP contribution is -2.51. The van der Waals surface area contributed by atoms with Crippen molar-refractivity contribution in [2.75, 3.05) is 26.7 Å². The van der Waals surface area contributed by atoms with E-state index in [-0.39, 0.29) is 35.0 Å². The largest absolute Gasteiger partial charge is 0.507 e. The summed E-state index contributed by atoms with van der Waals surface area (Å²) in [6.07, 6.45) is 12.1. The first-order chi connectivity index (χ1) is 22.7. The van der Waals surface area contributed by atoms with Gasteiger partial charge in [0.2, 0.25) is 5.91 Å². The Morgan fingerprint density at radius 3 is 2.57 bits per heavy atom. The third kappa shape index (κ3) is 8.74. The van der Waals surface area contributed by atoms with Crippen molar-refractivity contribution in [2.45, 2.75) is 102 Å². The standard InChI is InChI=1S/C38H50N2O7/c1-25-10-8-14-29(41)13-5-3-4-11-27-22-33(42)36(37(44)35(27)38(45)47-25)31(26-16-18-30(46-2)19-17-26)23-34(43)39-24-28-12-9-21-40-20-7-6-15-32(28)40/h4,11,16-19,22,25,28,31-32,42,44H,3,5-10,12-15,20-21,23-24H2,1-2H3,(H,39,43). The maximum atomic E-state index is 13.6. The van der Waals surface area contributed by atoms with Gasteiger partial charge in [0.15, 0.2) is 0 Å². The Labute approximate surface area is 278 Å². The molecule has 0 aliphatic carbocycles. The number of phenolic OH excluding ortho intramolecular Hbond substituents is 2. The van der Waals surface area contributed by atoms with Crippen LogP contribution in [0.25, 0.3) is 6.08 Å². The number of ketones is 1. The lowest BCUT2D eigenvalue weighted by Gasteiger charge is -2.44. The number of ether oxygens (including phenoxy) is 2. The van der Waals surface area contributed by atoms with Gasteiger partial charge in [0.25, 0.3) is 0 Å². The van der Waals surface area contributed by atoms with Gasteiger partial charge in [0.05, 0.1) is 13.2 Å². The van der Waals surface area contributed by atoms with Crippen molar-refractivity contribution in [3.8, 4) is 17.2 Å². The topological polar surface area (TPSA) is 125 Å². The molecule has 5 rings (SSSR count). The Kier molecular flexibility index (Phi) is 12.0. The van der Waals surface area contributed by atoms with Crippen LogP contribution >= 0.6 is 0 Å². The van der Waals surface area contributed by atoms with E-state index in [4.69, 9.17) is 9.47 Å². The Bertz CT molecular complexity index is 1430. The second-order valence-corrected chi connectivity index (χ2v) is 13.4. The van der Waals surface area contributed by atoms with Crippen LogP contribution in [-0.4, -0.2) is 71.7 Å². The highest BCUT2D eigenvalue weighted by molar-refractivity contribution is 5.98. The Hall–Kier alpha value is -3.85. The van der Waals surface area contributed by atoms with Crippen LogP contribution in [0.5, 0.6) is 17.2 Å². The van der Waals surface area contributed by atoms with Gasteiger partial charge in [-0.15, -0.1) is 0 Å². The van der Waals surface area contributed by atoms with Crippen LogP contribution < -0.4 is 10.1 Å². The Morgan fingerprint density at radius 2 is 1.79 bits per heavy atom. The molecule has 0 spiro atoms. The molecule has 3 heterocycles. The predicted molar refractivity (Wildman–Crippen MR) is 181 cm³/mol. The van der Waals surface area contributed by atoms with E-state index in [1.165, 1.54) is 18.9 Å². The number of hydrogen-bond acceptors (Lipinski definition) is 8. The highest BCUT2D eigenvalue weighted by atomic mass is 16.5. The van der Waals surface area contributed by atoms with Crippen LogP contribution in [0.15, 0.2) is 36.4 Å². The van der Waals surface area contributed by atoms with E-state index in [0.717, 1.165) is 32.4 Å². The zero-order chi connectivity index (χ0) is 33.3. The van der Waals surface area contributed by atoms with Crippen molar-refractivity contribution in [1.29, 1.82) is 0 Å². The summed E-state index contributed by atoms with van der Waals surface area (Å²) in [5.41, 5.74) is 1.06. The smallest absolute Gasteiger partial charge is 0.342 e. The van der Waals surface area contributed by atoms with Crippen LogP contribution in [0.1, 0.15) is 117 Å². The average molecular weight is 647 g/mol. The molecule has 0 aromatic heterocycles. The van der Waals surface area contributed by atoms with Crippen molar-refractivity contribution in [2.24, 2.45) is 5.92 Å². The van der Waals surface area contributed by atoms with Gasteiger partial charge in [0, 0.05) is 43.3 Å². The summed E-state index contributed by atoms with van der Waals surface area (Å²) >= 11 is 0. The quantitative estimate of drug-likeness (QED) is 0.292. The maximum Gasteiger partial charge on any atom is 0.342 e. The molecule has 2 aromatic rings. The molecular weight excluding hydrogens is 596 g/mol. The van der Waals surface area contributed by atoms with E-state index >= 15 is 0 Å². The number of phenols is 2.